The van der Waals surface area contributed by atoms with E-state index in [0.717, 1.165) is 0 Å². The van der Waals surface area contributed by atoms with Crippen molar-refractivity contribution >= 4 is 30.0 Å². The van der Waals surface area contributed by atoms with E-state index in [0.29, 0.717) is 12.8 Å². The van der Waals surface area contributed by atoms with Crippen LogP contribution in [0.2, 0.25) is 0 Å². The zero-order valence-corrected chi connectivity index (χ0v) is 9.07. The Kier molecular flexibility index (Phi) is 7.64. The van der Waals surface area contributed by atoms with Crippen LogP contribution in [0.5, 0.6) is 0 Å². The van der Waals surface area contributed by atoms with Crippen LogP contribution in [0.3, 0.4) is 0 Å². The van der Waals surface area contributed by atoms with E-state index in [1.165, 1.54) is 0 Å². The largest absolute Gasteiger partial charge is 0.480 e. The molecule has 0 aromatic carbocycles. The number of halogens is 2. The summed E-state index contributed by atoms with van der Waals surface area (Å²) >= 11 is 5.44. The predicted molar refractivity (Wildman–Crippen MR) is 55.4 cm³/mol. The number of alkyl halides is 1. The first kappa shape index (κ1) is 15.4. The molecule has 0 aliphatic rings. The number of carboxylic acid groups (broad SMARTS) is 1. The molecular formula is C7H16Cl2N2O2. The fraction of sp³-hybridized carbons (Fsp3) is 0.857. The molecule has 0 saturated carbocycles. The lowest BCUT2D eigenvalue weighted by Gasteiger charge is -2.22. The van der Waals surface area contributed by atoms with Crippen LogP contribution in [0.15, 0.2) is 0 Å². The lowest BCUT2D eigenvalue weighted by atomic mass is 9.95. The molecule has 80 valence electrons. The van der Waals surface area contributed by atoms with E-state index in [4.69, 9.17) is 28.2 Å². The zero-order chi connectivity index (χ0) is 9.78. The quantitative estimate of drug-likeness (QED) is 0.603. The van der Waals surface area contributed by atoms with Crippen molar-refractivity contribution in [2.75, 3.05) is 5.88 Å². The van der Waals surface area contributed by atoms with Crippen LogP contribution in [0.1, 0.15) is 19.8 Å². The summed E-state index contributed by atoms with van der Waals surface area (Å²) in [5.74, 6) is -1.16. The molecule has 0 heterocycles. The van der Waals surface area contributed by atoms with E-state index in [1.807, 2.05) is 0 Å². The molecule has 13 heavy (non-hydrogen) atoms. The summed E-state index contributed by atoms with van der Waals surface area (Å²) in [5.41, 5.74) is 9.64. The Morgan fingerprint density at radius 3 is 2.38 bits per heavy atom. The number of carboxylic acids is 1. The Bertz CT molecular complexity index is 167. The van der Waals surface area contributed by atoms with Crippen LogP contribution in [-0.4, -0.2) is 28.5 Å². The molecule has 0 spiro atoms. The van der Waals surface area contributed by atoms with Gasteiger partial charge in [0.15, 0.2) is 0 Å². The molecule has 4 nitrogen and oxygen atoms in total. The third-order valence-electron chi connectivity index (χ3n) is 1.71. The zero-order valence-electron chi connectivity index (χ0n) is 7.50. The van der Waals surface area contributed by atoms with Crippen LogP contribution in [-0.2, 0) is 4.79 Å². The first-order valence-electron chi connectivity index (χ1n) is 3.76. The summed E-state index contributed by atoms with van der Waals surface area (Å²) in [6, 6.07) is -0.0458. The topological polar surface area (TPSA) is 89.3 Å². The highest BCUT2D eigenvalue weighted by molar-refractivity contribution is 6.20. The minimum absolute atomic E-state index is 0. The van der Waals surface area contributed by atoms with Gasteiger partial charge in [0.05, 0.1) is 5.88 Å². The van der Waals surface area contributed by atoms with Crippen molar-refractivity contribution in [1.82, 2.24) is 0 Å². The van der Waals surface area contributed by atoms with Crippen molar-refractivity contribution in [2.45, 2.75) is 31.3 Å². The SMILES string of the molecule is CC(N)CCC(N)(CCl)C(=O)O.Cl. The highest BCUT2D eigenvalue weighted by atomic mass is 35.5. The highest BCUT2D eigenvalue weighted by Crippen LogP contribution is 2.13. The second-order valence-electron chi connectivity index (χ2n) is 3.11. The monoisotopic (exact) mass is 230 g/mol. The maximum absolute atomic E-state index is 10.6. The summed E-state index contributed by atoms with van der Waals surface area (Å²) in [6.45, 7) is 1.80. The van der Waals surface area contributed by atoms with Gasteiger partial charge in [-0.15, -0.1) is 24.0 Å². The molecule has 5 N–H and O–H groups in total. The van der Waals surface area contributed by atoms with Crippen molar-refractivity contribution in [1.29, 1.82) is 0 Å². The maximum Gasteiger partial charge on any atom is 0.324 e. The van der Waals surface area contributed by atoms with Crippen molar-refractivity contribution in [2.24, 2.45) is 11.5 Å². The lowest BCUT2D eigenvalue weighted by molar-refractivity contribution is -0.142. The van der Waals surface area contributed by atoms with Crippen molar-refractivity contribution < 1.29 is 9.90 Å². The Hall–Kier alpha value is -0.0300. The average molecular weight is 231 g/mol. The van der Waals surface area contributed by atoms with Gasteiger partial charge in [-0.25, -0.2) is 0 Å². The summed E-state index contributed by atoms with van der Waals surface area (Å²) in [5, 5.41) is 8.70. The van der Waals surface area contributed by atoms with Gasteiger partial charge in [-0.05, 0) is 19.8 Å². The maximum atomic E-state index is 10.6. The Morgan fingerprint density at radius 2 is 2.15 bits per heavy atom. The highest BCUT2D eigenvalue weighted by Gasteiger charge is 2.32. The molecule has 0 aromatic rings. The van der Waals surface area contributed by atoms with Crippen molar-refractivity contribution in [3.05, 3.63) is 0 Å². The Labute approximate surface area is 89.0 Å². The molecule has 0 bridgehead atoms. The van der Waals surface area contributed by atoms with Gasteiger partial charge < -0.3 is 16.6 Å². The number of nitrogens with two attached hydrogens (primary N) is 2. The molecule has 0 rings (SSSR count). The molecular weight excluding hydrogens is 215 g/mol. The molecule has 0 saturated heterocycles. The van der Waals surface area contributed by atoms with Gasteiger partial charge in [-0.2, -0.15) is 0 Å². The third-order valence-corrected chi connectivity index (χ3v) is 2.19. The van der Waals surface area contributed by atoms with E-state index in [2.05, 4.69) is 0 Å². The van der Waals surface area contributed by atoms with E-state index >= 15 is 0 Å². The number of hydrogen-bond donors (Lipinski definition) is 3. The van der Waals surface area contributed by atoms with Crippen LogP contribution in [0.25, 0.3) is 0 Å². The van der Waals surface area contributed by atoms with E-state index in [1.54, 1.807) is 6.92 Å². The van der Waals surface area contributed by atoms with Gasteiger partial charge in [-0.3, -0.25) is 4.79 Å². The van der Waals surface area contributed by atoms with Gasteiger partial charge in [0.25, 0.3) is 0 Å². The van der Waals surface area contributed by atoms with Crippen molar-refractivity contribution in [3.63, 3.8) is 0 Å². The Balaban J connectivity index is 0. The molecule has 0 aromatic heterocycles. The first-order chi connectivity index (χ1) is 5.42. The van der Waals surface area contributed by atoms with Crippen LogP contribution in [0, 0.1) is 0 Å². The Morgan fingerprint density at radius 1 is 1.69 bits per heavy atom. The minimum Gasteiger partial charge on any atom is -0.480 e. The fourth-order valence-corrected chi connectivity index (χ4v) is 0.964. The van der Waals surface area contributed by atoms with Gasteiger partial charge >= 0.3 is 5.97 Å². The second kappa shape index (κ2) is 6.43. The molecule has 0 amide bonds. The van der Waals surface area contributed by atoms with E-state index in [9.17, 15) is 4.79 Å². The summed E-state index contributed by atoms with van der Waals surface area (Å²) in [4.78, 5) is 10.6. The average Bonchev–Trinajstić information content (AvgIpc) is 1.99. The van der Waals surface area contributed by atoms with E-state index in [-0.39, 0.29) is 24.3 Å². The molecule has 0 radical (unpaired) electrons. The molecule has 0 fully saturated rings. The van der Waals surface area contributed by atoms with E-state index < -0.39 is 11.5 Å². The number of hydrogen-bond acceptors (Lipinski definition) is 3. The second-order valence-corrected chi connectivity index (χ2v) is 3.38. The fourth-order valence-electron chi connectivity index (χ4n) is 0.716. The molecule has 6 heteroatoms. The van der Waals surface area contributed by atoms with Crippen LogP contribution in [0.4, 0.5) is 0 Å². The smallest absolute Gasteiger partial charge is 0.324 e. The van der Waals surface area contributed by atoms with Gasteiger partial charge in [0.1, 0.15) is 5.54 Å². The molecule has 0 aliphatic heterocycles. The molecule has 0 aliphatic carbocycles. The summed E-state index contributed by atoms with van der Waals surface area (Å²) in [7, 11) is 0. The minimum atomic E-state index is -1.32. The standard InChI is InChI=1S/C7H15ClN2O2.ClH/c1-5(9)2-3-7(10,4-8)6(11)12;/h5H,2-4,9-10H2,1H3,(H,11,12);1H. The van der Waals surface area contributed by atoms with Gasteiger partial charge in [0, 0.05) is 6.04 Å². The summed E-state index contributed by atoms with van der Waals surface area (Å²) in [6.07, 6.45) is 0.874. The molecule has 2 atom stereocenters. The predicted octanol–water partition coefficient (Wildman–Crippen LogP) is 0.556. The molecule has 2 unspecified atom stereocenters. The number of rotatable bonds is 5. The van der Waals surface area contributed by atoms with Crippen molar-refractivity contribution in [3.8, 4) is 0 Å². The normalized spacial score (nSPS) is 16.9. The number of aliphatic carboxylic acids is 1. The lowest BCUT2D eigenvalue weighted by Crippen LogP contribution is -2.50. The van der Waals surface area contributed by atoms with Crippen LogP contribution >= 0.6 is 24.0 Å². The third kappa shape index (κ3) is 5.31. The van der Waals surface area contributed by atoms with Crippen LogP contribution < -0.4 is 11.5 Å². The summed E-state index contributed by atoms with van der Waals surface area (Å²) < 4.78 is 0. The number of carbonyl (C=O) groups is 1. The van der Waals surface area contributed by atoms with Gasteiger partial charge in [0.2, 0.25) is 0 Å². The van der Waals surface area contributed by atoms with Gasteiger partial charge in [-0.1, -0.05) is 0 Å². The first-order valence-corrected chi connectivity index (χ1v) is 4.29.